The Kier molecular flexibility index (Phi) is 3.23. The maximum absolute atomic E-state index is 3.78. The zero-order valence-electron chi connectivity index (χ0n) is 10.9. The van der Waals surface area contributed by atoms with Crippen molar-refractivity contribution in [2.24, 2.45) is 0 Å². The van der Waals surface area contributed by atoms with Gasteiger partial charge in [0.1, 0.15) is 0 Å². The molecule has 94 valence electrons. The first-order valence-corrected chi connectivity index (χ1v) is 7.51. The number of aryl methyl sites for hydroxylation is 2. The standard InChI is InChI=1S/C16H19NS/c1-11-5-6-13-7-8-15(14(13)10-11)17-12(2)16-4-3-9-18-16/h3-6,9-10,12,15,17H,7-8H2,1-2H3. The van der Waals surface area contributed by atoms with Crippen molar-refractivity contribution in [1.29, 1.82) is 0 Å². The van der Waals surface area contributed by atoms with Crippen LogP contribution in [0.1, 0.15) is 47.0 Å². The summed E-state index contributed by atoms with van der Waals surface area (Å²) in [5.74, 6) is 0. The minimum Gasteiger partial charge on any atom is -0.303 e. The van der Waals surface area contributed by atoms with E-state index in [1.807, 2.05) is 11.3 Å². The molecule has 0 radical (unpaired) electrons. The van der Waals surface area contributed by atoms with Crippen molar-refractivity contribution in [3.8, 4) is 0 Å². The fourth-order valence-electron chi connectivity index (χ4n) is 2.82. The Bertz CT molecular complexity index is 530. The maximum atomic E-state index is 3.78. The van der Waals surface area contributed by atoms with E-state index in [2.05, 4.69) is 54.9 Å². The molecule has 0 fully saturated rings. The van der Waals surface area contributed by atoms with Crippen molar-refractivity contribution in [3.05, 3.63) is 57.3 Å². The zero-order valence-corrected chi connectivity index (χ0v) is 11.8. The van der Waals surface area contributed by atoms with Gasteiger partial charge in [-0.1, -0.05) is 29.8 Å². The van der Waals surface area contributed by atoms with Crippen molar-refractivity contribution in [2.75, 3.05) is 0 Å². The number of thiophene rings is 1. The smallest absolute Gasteiger partial charge is 0.0391 e. The molecule has 0 bridgehead atoms. The highest BCUT2D eigenvalue weighted by atomic mass is 32.1. The van der Waals surface area contributed by atoms with Crippen LogP contribution in [0.25, 0.3) is 0 Å². The van der Waals surface area contributed by atoms with E-state index in [9.17, 15) is 0 Å². The van der Waals surface area contributed by atoms with Crippen molar-refractivity contribution in [2.45, 2.75) is 38.8 Å². The van der Waals surface area contributed by atoms with E-state index in [0.29, 0.717) is 12.1 Å². The highest BCUT2D eigenvalue weighted by Gasteiger charge is 2.23. The Labute approximate surface area is 113 Å². The molecule has 0 saturated heterocycles. The second kappa shape index (κ2) is 4.87. The predicted molar refractivity (Wildman–Crippen MR) is 78.1 cm³/mol. The Hall–Kier alpha value is -1.12. The maximum Gasteiger partial charge on any atom is 0.0391 e. The highest BCUT2D eigenvalue weighted by Crippen LogP contribution is 2.34. The lowest BCUT2D eigenvalue weighted by molar-refractivity contribution is 0.469. The Morgan fingerprint density at radius 1 is 1.33 bits per heavy atom. The summed E-state index contributed by atoms with van der Waals surface area (Å²) in [5.41, 5.74) is 4.40. The van der Waals surface area contributed by atoms with Gasteiger partial charge >= 0.3 is 0 Å². The molecule has 1 N–H and O–H groups in total. The van der Waals surface area contributed by atoms with Crippen LogP contribution in [0.2, 0.25) is 0 Å². The van der Waals surface area contributed by atoms with E-state index >= 15 is 0 Å². The number of nitrogens with one attached hydrogen (secondary N) is 1. The van der Waals surface area contributed by atoms with Crippen LogP contribution in [0.15, 0.2) is 35.7 Å². The molecule has 1 nitrogen and oxygen atoms in total. The molecule has 1 aromatic carbocycles. The molecule has 1 heterocycles. The van der Waals surface area contributed by atoms with Crippen LogP contribution in [0.3, 0.4) is 0 Å². The fraction of sp³-hybridized carbons (Fsp3) is 0.375. The highest BCUT2D eigenvalue weighted by molar-refractivity contribution is 7.10. The molecule has 1 aliphatic carbocycles. The minimum absolute atomic E-state index is 0.446. The third kappa shape index (κ3) is 2.23. The molecule has 2 aromatic rings. The van der Waals surface area contributed by atoms with E-state index in [-0.39, 0.29) is 0 Å². The lowest BCUT2D eigenvalue weighted by atomic mass is 10.0. The van der Waals surface area contributed by atoms with Gasteiger partial charge in [0, 0.05) is 17.0 Å². The zero-order chi connectivity index (χ0) is 12.5. The van der Waals surface area contributed by atoms with Crippen LogP contribution in [-0.2, 0) is 6.42 Å². The van der Waals surface area contributed by atoms with Gasteiger partial charge in [-0.25, -0.2) is 0 Å². The Morgan fingerprint density at radius 2 is 2.22 bits per heavy atom. The summed E-state index contributed by atoms with van der Waals surface area (Å²) < 4.78 is 0. The van der Waals surface area contributed by atoms with E-state index in [1.54, 1.807) is 0 Å². The van der Waals surface area contributed by atoms with E-state index in [0.717, 1.165) is 0 Å². The van der Waals surface area contributed by atoms with Crippen LogP contribution in [-0.4, -0.2) is 0 Å². The van der Waals surface area contributed by atoms with Crippen LogP contribution in [0.4, 0.5) is 0 Å². The topological polar surface area (TPSA) is 12.0 Å². The van der Waals surface area contributed by atoms with Crippen LogP contribution >= 0.6 is 11.3 Å². The second-order valence-electron chi connectivity index (χ2n) is 5.20. The molecule has 2 heteroatoms. The first-order valence-electron chi connectivity index (χ1n) is 6.63. The van der Waals surface area contributed by atoms with Gasteiger partial charge in [-0.15, -0.1) is 11.3 Å². The third-order valence-electron chi connectivity index (χ3n) is 3.80. The van der Waals surface area contributed by atoms with Crippen LogP contribution < -0.4 is 5.32 Å². The minimum atomic E-state index is 0.446. The average Bonchev–Trinajstić information content (AvgIpc) is 2.99. The Morgan fingerprint density at radius 3 is 3.00 bits per heavy atom. The van der Waals surface area contributed by atoms with Gasteiger partial charge in [0.05, 0.1) is 0 Å². The molecule has 18 heavy (non-hydrogen) atoms. The molecule has 0 amide bonds. The number of rotatable bonds is 3. The molecular formula is C16H19NS. The summed E-state index contributed by atoms with van der Waals surface area (Å²) in [5, 5.41) is 5.93. The van der Waals surface area contributed by atoms with Crippen molar-refractivity contribution in [3.63, 3.8) is 0 Å². The molecule has 2 unspecified atom stereocenters. The van der Waals surface area contributed by atoms with Gasteiger partial charge in [0.15, 0.2) is 0 Å². The lowest BCUT2D eigenvalue weighted by Gasteiger charge is -2.19. The second-order valence-corrected chi connectivity index (χ2v) is 6.18. The monoisotopic (exact) mass is 257 g/mol. The van der Waals surface area contributed by atoms with Crippen molar-refractivity contribution >= 4 is 11.3 Å². The summed E-state index contributed by atoms with van der Waals surface area (Å²) in [6.45, 7) is 4.44. The van der Waals surface area contributed by atoms with Gasteiger partial charge in [-0.3, -0.25) is 0 Å². The van der Waals surface area contributed by atoms with Gasteiger partial charge in [0.2, 0.25) is 0 Å². The third-order valence-corrected chi connectivity index (χ3v) is 4.86. The summed E-state index contributed by atoms with van der Waals surface area (Å²) in [6, 6.07) is 12.2. The van der Waals surface area contributed by atoms with Gasteiger partial charge in [-0.2, -0.15) is 0 Å². The summed E-state index contributed by atoms with van der Waals surface area (Å²) >= 11 is 1.84. The van der Waals surface area contributed by atoms with Gasteiger partial charge in [-0.05, 0) is 49.3 Å². The quantitative estimate of drug-likeness (QED) is 0.859. The van der Waals surface area contributed by atoms with Crippen LogP contribution in [0, 0.1) is 6.92 Å². The number of hydrogen-bond donors (Lipinski definition) is 1. The number of hydrogen-bond acceptors (Lipinski definition) is 2. The molecule has 1 aliphatic rings. The molecule has 3 rings (SSSR count). The molecule has 2 atom stereocenters. The molecule has 1 aromatic heterocycles. The van der Waals surface area contributed by atoms with E-state index < -0.39 is 0 Å². The van der Waals surface area contributed by atoms with Gasteiger partial charge < -0.3 is 5.32 Å². The molecule has 0 aliphatic heterocycles. The molecular weight excluding hydrogens is 238 g/mol. The van der Waals surface area contributed by atoms with Crippen molar-refractivity contribution in [1.82, 2.24) is 5.32 Å². The van der Waals surface area contributed by atoms with Gasteiger partial charge in [0.25, 0.3) is 0 Å². The number of fused-ring (bicyclic) bond motifs is 1. The lowest BCUT2D eigenvalue weighted by Crippen LogP contribution is -2.22. The average molecular weight is 257 g/mol. The van der Waals surface area contributed by atoms with Crippen molar-refractivity contribution < 1.29 is 0 Å². The summed E-state index contributed by atoms with van der Waals surface area (Å²) in [7, 11) is 0. The van der Waals surface area contributed by atoms with E-state index in [1.165, 1.54) is 34.4 Å². The largest absolute Gasteiger partial charge is 0.303 e. The SMILES string of the molecule is Cc1ccc2c(c1)C(NC(C)c1cccs1)CC2. The Balaban J connectivity index is 1.78. The van der Waals surface area contributed by atoms with Crippen LogP contribution in [0.5, 0.6) is 0 Å². The number of benzene rings is 1. The fourth-order valence-corrected chi connectivity index (χ4v) is 3.56. The first-order chi connectivity index (χ1) is 8.74. The van der Waals surface area contributed by atoms with E-state index in [4.69, 9.17) is 0 Å². The summed E-state index contributed by atoms with van der Waals surface area (Å²) in [4.78, 5) is 1.43. The molecule has 0 spiro atoms. The summed E-state index contributed by atoms with van der Waals surface area (Å²) in [6.07, 6.45) is 2.44. The normalized spacial score (nSPS) is 19.8. The predicted octanol–water partition coefficient (Wildman–Crippen LogP) is 4.39. The molecule has 0 saturated carbocycles. The first kappa shape index (κ1) is 11.9.